The number of nitriles is 1. The SMILES string of the molecule is COCCN(C)CCNCc1ccc(C#N)s1. The lowest BCUT2D eigenvalue weighted by atomic mass is 10.4. The molecule has 4 nitrogen and oxygen atoms in total. The summed E-state index contributed by atoms with van der Waals surface area (Å²) in [5, 5.41) is 12.1. The van der Waals surface area contributed by atoms with Crippen molar-refractivity contribution in [2.75, 3.05) is 40.4 Å². The molecule has 94 valence electrons. The lowest BCUT2D eigenvalue weighted by Crippen LogP contribution is -2.31. The van der Waals surface area contributed by atoms with Gasteiger partial charge in [-0.15, -0.1) is 11.3 Å². The number of ether oxygens (including phenoxy) is 1. The molecule has 1 rings (SSSR count). The molecule has 0 aliphatic carbocycles. The molecule has 1 N–H and O–H groups in total. The molecule has 0 unspecified atom stereocenters. The summed E-state index contributed by atoms with van der Waals surface area (Å²) in [5.41, 5.74) is 0. The van der Waals surface area contributed by atoms with Crippen LogP contribution in [-0.4, -0.2) is 45.3 Å². The fourth-order valence-electron chi connectivity index (χ4n) is 1.37. The third kappa shape index (κ3) is 5.80. The Hall–Kier alpha value is -0.930. The average molecular weight is 253 g/mol. The first-order valence-corrected chi connectivity index (χ1v) is 6.45. The Balaban J connectivity index is 2.10. The third-order valence-electron chi connectivity index (χ3n) is 2.42. The number of hydrogen-bond donors (Lipinski definition) is 1. The first kappa shape index (κ1) is 14.1. The molecule has 0 saturated heterocycles. The molecule has 0 aliphatic rings. The average Bonchev–Trinajstić information content (AvgIpc) is 2.80. The number of methoxy groups -OCH3 is 1. The van der Waals surface area contributed by atoms with Gasteiger partial charge in [0.25, 0.3) is 0 Å². The molecule has 0 aromatic carbocycles. The van der Waals surface area contributed by atoms with Gasteiger partial charge in [-0.2, -0.15) is 5.26 Å². The highest BCUT2D eigenvalue weighted by atomic mass is 32.1. The zero-order valence-electron chi connectivity index (χ0n) is 10.4. The van der Waals surface area contributed by atoms with E-state index in [-0.39, 0.29) is 0 Å². The van der Waals surface area contributed by atoms with Gasteiger partial charge < -0.3 is 15.0 Å². The van der Waals surface area contributed by atoms with E-state index in [9.17, 15) is 0 Å². The van der Waals surface area contributed by atoms with Crippen LogP contribution in [0.3, 0.4) is 0 Å². The second-order valence-corrected chi connectivity index (χ2v) is 5.02. The Labute approximate surface area is 107 Å². The van der Waals surface area contributed by atoms with Crippen molar-refractivity contribution in [1.82, 2.24) is 10.2 Å². The smallest absolute Gasteiger partial charge is 0.110 e. The van der Waals surface area contributed by atoms with Crippen molar-refractivity contribution in [1.29, 1.82) is 5.26 Å². The maximum atomic E-state index is 8.70. The van der Waals surface area contributed by atoms with E-state index in [1.54, 1.807) is 18.4 Å². The molecule has 0 amide bonds. The van der Waals surface area contributed by atoms with Crippen LogP contribution >= 0.6 is 11.3 Å². The minimum absolute atomic E-state index is 0.771. The van der Waals surface area contributed by atoms with E-state index in [1.807, 2.05) is 12.1 Å². The van der Waals surface area contributed by atoms with Crippen LogP contribution in [0.1, 0.15) is 9.75 Å². The normalized spacial score (nSPS) is 10.7. The quantitative estimate of drug-likeness (QED) is 0.709. The predicted octanol–water partition coefficient (Wildman–Crippen LogP) is 1.29. The van der Waals surface area contributed by atoms with E-state index in [2.05, 4.69) is 23.3 Å². The van der Waals surface area contributed by atoms with E-state index < -0.39 is 0 Å². The molecule has 0 radical (unpaired) electrons. The Kier molecular flexibility index (Phi) is 6.82. The van der Waals surface area contributed by atoms with Crippen molar-refractivity contribution in [3.05, 3.63) is 21.9 Å². The standard InChI is InChI=1S/C12H19N3OS/c1-15(7-8-16-2)6-5-14-10-12-4-3-11(9-13)17-12/h3-4,14H,5-8,10H2,1-2H3. The van der Waals surface area contributed by atoms with Gasteiger partial charge in [-0.1, -0.05) is 0 Å². The number of thiophene rings is 1. The van der Waals surface area contributed by atoms with Gasteiger partial charge in [0.15, 0.2) is 0 Å². The number of rotatable bonds is 8. The predicted molar refractivity (Wildman–Crippen MR) is 70.1 cm³/mol. The van der Waals surface area contributed by atoms with Gasteiger partial charge in [0, 0.05) is 38.2 Å². The molecule has 0 fully saturated rings. The Morgan fingerprint density at radius 3 is 2.94 bits per heavy atom. The third-order valence-corrected chi connectivity index (χ3v) is 3.41. The molecule has 0 aliphatic heterocycles. The molecule has 5 heteroatoms. The molecule has 1 aromatic rings. The highest BCUT2D eigenvalue weighted by Gasteiger charge is 2.00. The molecule has 0 saturated carbocycles. The Morgan fingerprint density at radius 1 is 1.47 bits per heavy atom. The molecule has 1 heterocycles. The number of nitrogens with one attached hydrogen (secondary N) is 1. The molecule has 1 aromatic heterocycles. The van der Waals surface area contributed by atoms with E-state index in [0.717, 1.165) is 37.7 Å². The van der Waals surface area contributed by atoms with Crippen molar-refractivity contribution in [3.63, 3.8) is 0 Å². The van der Waals surface area contributed by atoms with Gasteiger partial charge in [-0.05, 0) is 19.2 Å². The summed E-state index contributed by atoms with van der Waals surface area (Å²) in [6.07, 6.45) is 0. The fourth-order valence-corrected chi connectivity index (χ4v) is 2.15. The van der Waals surface area contributed by atoms with E-state index >= 15 is 0 Å². The fraction of sp³-hybridized carbons (Fsp3) is 0.583. The van der Waals surface area contributed by atoms with Crippen LogP contribution in [0.4, 0.5) is 0 Å². The van der Waals surface area contributed by atoms with Gasteiger partial charge in [-0.3, -0.25) is 0 Å². The van der Waals surface area contributed by atoms with Gasteiger partial charge in [-0.25, -0.2) is 0 Å². The second-order valence-electron chi connectivity index (χ2n) is 3.85. The van der Waals surface area contributed by atoms with Crippen molar-refractivity contribution in [2.45, 2.75) is 6.54 Å². The van der Waals surface area contributed by atoms with Crippen LogP contribution in [0.15, 0.2) is 12.1 Å². The second kappa shape index (κ2) is 8.20. The summed E-state index contributed by atoms with van der Waals surface area (Å²) in [6, 6.07) is 6.02. The van der Waals surface area contributed by atoms with Gasteiger partial charge in [0.05, 0.1) is 6.61 Å². The van der Waals surface area contributed by atoms with Gasteiger partial charge in [0.2, 0.25) is 0 Å². The molecular formula is C12H19N3OS. The van der Waals surface area contributed by atoms with Crippen LogP contribution < -0.4 is 5.32 Å². The van der Waals surface area contributed by atoms with Crippen molar-refractivity contribution >= 4 is 11.3 Å². The highest BCUT2D eigenvalue weighted by molar-refractivity contribution is 7.12. The maximum absolute atomic E-state index is 8.70. The van der Waals surface area contributed by atoms with Gasteiger partial charge in [0.1, 0.15) is 10.9 Å². The van der Waals surface area contributed by atoms with Crippen molar-refractivity contribution in [2.24, 2.45) is 0 Å². The largest absolute Gasteiger partial charge is 0.383 e. The Bertz CT molecular complexity index is 359. The van der Waals surface area contributed by atoms with E-state index in [4.69, 9.17) is 10.00 Å². The van der Waals surface area contributed by atoms with E-state index in [0.29, 0.717) is 0 Å². The molecule has 17 heavy (non-hydrogen) atoms. The highest BCUT2D eigenvalue weighted by Crippen LogP contribution is 2.14. The first-order chi connectivity index (χ1) is 8.26. The van der Waals surface area contributed by atoms with Crippen molar-refractivity contribution in [3.8, 4) is 6.07 Å². The lowest BCUT2D eigenvalue weighted by Gasteiger charge is -2.15. The van der Waals surface area contributed by atoms with Crippen LogP contribution in [-0.2, 0) is 11.3 Å². The summed E-state index contributed by atoms with van der Waals surface area (Å²) in [5.74, 6) is 0. The summed E-state index contributed by atoms with van der Waals surface area (Å²) in [4.78, 5) is 4.21. The first-order valence-electron chi connectivity index (χ1n) is 5.63. The van der Waals surface area contributed by atoms with Crippen LogP contribution in [0.25, 0.3) is 0 Å². The number of hydrogen-bond acceptors (Lipinski definition) is 5. The van der Waals surface area contributed by atoms with Crippen molar-refractivity contribution < 1.29 is 4.74 Å². The maximum Gasteiger partial charge on any atom is 0.110 e. The summed E-state index contributed by atoms with van der Waals surface area (Å²) in [7, 11) is 3.80. The number of nitrogens with zero attached hydrogens (tertiary/aromatic N) is 2. The van der Waals surface area contributed by atoms with Gasteiger partial charge >= 0.3 is 0 Å². The molecular weight excluding hydrogens is 234 g/mol. The minimum Gasteiger partial charge on any atom is -0.383 e. The minimum atomic E-state index is 0.771. The summed E-state index contributed by atoms with van der Waals surface area (Å²) in [6.45, 7) is 4.51. The van der Waals surface area contributed by atoms with Crippen LogP contribution in [0.5, 0.6) is 0 Å². The van der Waals surface area contributed by atoms with Crippen LogP contribution in [0, 0.1) is 11.3 Å². The lowest BCUT2D eigenvalue weighted by molar-refractivity contribution is 0.161. The van der Waals surface area contributed by atoms with Crippen LogP contribution in [0.2, 0.25) is 0 Å². The zero-order chi connectivity index (χ0) is 12.5. The van der Waals surface area contributed by atoms with E-state index in [1.165, 1.54) is 4.88 Å². The monoisotopic (exact) mass is 253 g/mol. The number of likely N-dealkylation sites (N-methyl/N-ethyl adjacent to an activating group) is 1. The molecule has 0 spiro atoms. The topological polar surface area (TPSA) is 48.3 Å². The molecule has 0 bridgehead atoms. The zero-order valence-corrected chi connectivity index (χ0v) is 11.2. The summed E-state index contributed by atoms with van der Waals surface area (Å²) < 4.78 is 5.01. The molecule has 0 atom stereocenters. The summed E-state index contributed by atoms with van der Waals surface area (Å²) >= 11 is 1.55. The Morgan fingerprint density at radius 2 is 2.29 bits per heavy atom.